The van der Waals surface area contributed by atoms with Crippen LogP contribution in [-0.2, 0) is 4.79 Å². The first-order valence-electron chi connectivity index (χ1n) is 7.04. The van der Waals surface area contributed by atoms with Gasteiger partial charge in [0.1, 0.15) is 12.1 Å². The van der Waals surface area contributed by atoms with Crippen LogP contribution in [0.15, 0.2) is 18.2 Å². The Balaban J connectivity index is 2.26. The van der Waals surface area contributed by atoms with Gasteiger partial charge < -0.3 is 5.32 Å². The highest BCUT2D eigenvalue weighted by Gasteiger charge is 2.42. The fraction of sp³-hybridized carbons (Fsp3) is 0.333. The monoisotopic (exact) mass is 368 g/mol. The second-order valence-corrected chi connectivity index (χ2v) is 6.33. The molecule has 0 spiro atoms. The van der Waals surface area contributed by atoms with Gasteiger partial charge in [0, 0.05) is 10.0 Å². The molecule has 1 heterocycles. The minimum Gasteiger partial charge on any atom is -0.319 e. The van der Waals surface area contributed by atoms with E-state index in [1.165, 1.54) is 25.1 Å². The molecular weight excluding hydrogens is 355 g/mol. The van der Waals surface area contributed by atoms with E-state index in [1.54, 1.807) is 6.92 Å². The summed E-state index contributed by atoms with van der Waals surface area (Å²) in [5.41, 5.74) is -0.955. The van der Waals surface area contributed by atoms with Gasteiger partial charge in [0.15, 0.2) is 0 Å². The lowest BCUT2D eigenvalue weighted by Gasteiger charge is -2.24. The summed E-state index contributed by atoms with van der Waals surface area (Å²) in [5.74, 6) is -0.594. The van der Waals surface area contributed by atoms with Crippen molar-refractivity contribution in [3.63, 3.8) is 0 Å². The molecule has 1 fully saturated rings. The predicted molar refractivity (Wildman–Crippen MR) is 88.9 cm³/mol. The molecule has 1 aromatic carbocycles. The number of hydrogen-bond donors (Lipinski definition) is 1. The Morgan fingerprint density at radius 3 is 2.42 bits per heavy atom. The Bertz CT molecular complexity index is 741. The summed E-state index contributed by atoms with van der Waals surface area (Å²) < 4.78 is 0. The van der Waals surface area contributed by atoms with Crippen molar-refractivity contribution in [2.45, 2.75) is 25.8 Å². The van der Waals surface area contributed by atoms with Gasteiger partial charge in [-0.25, -0.2) is 19.4 Å². The number of anilines is 1. The number of benzene rings is 1. The number of imide groups is 2. The van der Waals surface area contributed by atoms with E-state index in [2.05, 4.69) is 5.32 Å². The number of halogens is 2. The van der Waals surface area contributed by atoms with Crippen molar-refractivity contribution in [2.24, 2.45) is 0 Å². The maximum Gasteiger partial charge on any atom is 0.340 e. The fourth-order valence-electron chi connectivity index (χ4n) is 2.08. The fourth-order valence-corrected chi connectivity index (χ4v) is 2.60. The molecule has 1 aromatic rings. The number of nitrogens with one attached hydrogen (secondary N) is 1. The Morgan fingerprint density at radius 2 is 1.92 bits per heavy atom. The first kappa shape index (κ1) is 18.0. The van der Waals surface area contributed by atoms with Crippen molar-refractivity contribution in [1.82, 2.24) is 10.2 Å². The molecule has 126 valence electrons. The molecule has 1 unspecified atom stereocenters. The number of urea groups is 2. The third kappa shape index (κ3) is 3.45. The van der Waals surface area contributed by atoms with E-state index >= 15 is 0 Å². The molecule has 0 aliphatic carbocycles. The average Bonchev–Trinajstić information content (AvgIpc) is 2.81. The van der Waals surface area contributed by atoms with Crippen LogP contribution in [0, 0.1) is 11.3 Å². The van der Waals surface area contributed by atoms with Crippen molar-refractivity contribution in [3.8, 4) is 6.07 Å². The summed E-state index contributed by atoms with van der Waals surface area (Å²) in [6, 6.07) is 4.58. The zero-order valence-corrected chi connectivity index (χ0v) is 14.5. The van der Waals surface area contributed by atoms with Crippen molar-refractivity contribution in [1.29, 1.82) is 5.26 Å². The Morgan fingerprint density at radius 1 is 1.33 bits per heavy atom. The van der Waals surface area contributed by atoms with Crippen LogP contribution in [0.1, 0.15) is 20.3 Å². The molecule has 1 N–H and O–H groups in total. The third-order valence-corrected chi connectivity index (χ3v) is 4.09. The van der Waals surface area contributed by atoms with E-state index in [0.29, 0.717) is 6.42 Å². The van der Waals surface area contributed by atoms with Gasteiger partial charge >= 0.3 is 12.1 Å². The number of carbonyl (C=O) groups is 3. The normalized spacial score (nSPS) is 16.8. The van der Waals surface area contributed by atoms with E-state index in [9.17, 15) is 14.4 Å². The summed E-state index contributed by atoms with van der Waals surface area (Å²) in [6.07, 6.45) is 0.346. The zero-order chi connectivity index (χ0) is 18.1. The summed E-state index contributed by atoms with van der Waals surface area (Å²) in [5, 5.41) is 12.1. The lowest BCUT2D eigenvalue weighted by atomic mass is 10.0. The van der Waals surface area contributed by atoms with E-state index in [0.717, 1.165) is 9.80 Å². The maximum atomic E-state index is 12.4. The quantitative estimate of drug-likeness (QED) is 0.829. The molecule has 24 heavy (non-hydrogen) atoms. The molecule has 1 saturated heterocycles. The van der Waals surface area contributed by atoms with E-state index < -0.39 is 30.1 Å². The number of rotatable bonds is 3. The zero-order valence-electron chi connectivity index (χ0n) is 13.0. The summed E-state index contributed by atoms with van der Waals surface area (Å²) in [6.45, 7) is 2.82. The first-order valence-corrected chi connectivity index (χ1v) is 7.80. The SMILES string of the molecule is CCC(C)(C#N)NC(=O)N1CC(=O)N(c2cc(Cl)cc(Cl)c2)C1=O. The van der Waals surface area contributed by atoms with Crippen LogP contribution < -0.4 is 10.2 Å². The van der Waals surface area contributed by atoms with Crippen LogP contribution in [0.25, 0.3) is 0 Å². The smallest absolute Gasteiger partial charge is 0.319 e. The second kappa shape index (κ2) is 6.67. The van der Waals surface area contributed by atoms with Gasteiger partial charge in [-0.2, -0.15) is 5.26 Å². The summed E-state index contributed by atoms with van der Waals surface area (Å²) in [4.78, 5) is 38.4. The van der Waals surface area contributed by atoms with Gasteiger partial charge in [-0.15, -0.1) is 0 Å². The highest BCUT2D eigenvalue weighted by Crippen LogP contribution is 2.28. The van der Waals surface area contributed by atoms with Gasteiger partial charge in [-0.3, -0.25) is 4.79 Å². The Kier molecular flexibility index (Phi) is 5.02. The molecule has 0 aromatic heterocycles. The van der Waals surface area contributed by atoms with Crippen LogP contribution in [0.2, 0.25) is 10.0 Å². The van der Waals surface area contributed by atoms with E-state index in [1.807, 2.05) is 6.07 Å². The van der Waals surface area contributed by atoms with Crippen LogP contribution in [0.4, 0.5) is 15.3 Å². The molecule has 1 atom stereocenters. The number of nitrogens with zero attached hydrogens (tertiary/aromatic N) is 3. The lowest BCUT2D eigenvalue weighted by Crippen LogP contribution is -2.51. The largest absolute Gasteiger partial charge is 0.340 e. The molecule has 1 aliphatic rings. The van der Waals surface area contributed by atoms with Gasteiger partial charge in [-0.1, -0.05) is 30.1 Å². The van der Waals surface area contributed by atoms with Crippen LogP contribution in [0.3, 0.4) is 0 Å². The van der Waals surface area contributed by atoms with Crippen LogP contribution in [-0.4, -0.2) is 35.0 Å². The molecule has 5 amide bonds. The minimum absolute atomic E-state index is 0.177. The van der Waals surface area contributed by atoms with Crippen molar-refractivity contribution in [3.05, 3.63) is 28.2 Å². The Labute approximate surface area is 148 Å². The van der Waals surface area contributed by atoms with Gasteiger partial charge in [-0.05, 0) is 31.5 Å². The van der Waals surface area contributed by atoms with Gasteiger partial charge in [0.25, 0.3) is 5.91 Å². The number of carbonyl (C=O) groups excluding carboxylic acids is 3. The standard InChI is InChI=1S/C15H14Cl2N4O3/c1-3-15(2,8-18)19-13(23)20-7-12(22)21(14(20)24)11-5-9(16)4-10(17)6-11/h4-6H,3,7H2,1-2H3,(H,19,23). The molecule has 0 radical (unpaired) electrons. The summed E-state index contributed by atoms with van der Waals surface area (Å²) in [7, 11) is 0. The first-order chi connectivity index (χ1) is 11.2. The third-order valence-electron chi connectivity index (χ3n) is 3.65. The van der Waals surface area contributed by atoms with Gasteiger partial charge in [0.2, 0.25) is 0 Å². The van der Waals surface area contributed by atoms with E-state index in [-0.39, 0.29) is 15.7 Å². The topological polar surface area (TPSA) is 93.5 Å². The Hall–Kier alpha value is -2.30. The number of hydrogen-bond acceptors (Lipinski definition) is 4. The molecule has 9 heteroatoms. The molecule has 1 aliphatic heterocycles. The second-order valence-electron chi connectivity index (χ2n) is 5.45. The minimum atomic E-state index is -1.13. The molecule has 0 bridgehead atoms. The summed E-state index contributed by atoms with van der Waals surface area (Å²) >= 11 is 11.8. The van der Waals surface area contributed by atoms with Crippen molar-refractivity contribution < 1.29 is 14.4 Å². The number of amides is 5. The number of nitriles is 1. The molecule has 2 rings (SSSR count). The van der Waals surface area contributed by atoms with Crippen molar-refractivity contribution in [2.75, 3.05) is 11.4 Å². The molecular formula is C15H14Cl2N4O3. The van der Waals surface area contributed by atoms with Crippen LogP contribution in [0.5, 0.6) is 0 Å². The van der Waals surface area contributed by atoms with Gasteiger partial charge in [0.05, 0.1) is 11.8 Å². The predicted octanol–water partition coefficient (Wildman–Crippen LogP) is 3.16. The maximum absolute atomic E-state index is 12.4. The van der Waals surface area contributed by atoms with Crippen LogP contribution >= 0.6 is 23.2 Å². The van der Waals surface area contributed by atoms with Crippen molar-refractivity contribution >= 4 is 46.9 Å². The molecule has 0 saturated carbocycles. The lowest BCUT2D eigenvalue weighted by molar-refractivity contribution is -0.116. The average molecular weight is 369 g/mol. The molecule has 7 nitrogen and oxygen atoms in total. The highest BCUT2D eigenvalue weighted by atomic mass is 35.5. The highest BCUT2D eigenvalue weighted by molar-refractivity contribution is 6.35. The van der Waals surface area contributed by atoms with E-state index in [4.69, 9.17) is 28.5 Å².